The predicted molar refractivity (Wildman–Crippen MR) is 229 cm³/mol. The van der Waals surface area contributed by atoms with Gasteiger partial charge in [0, 0.05) is 53.5 Å². The Kier molecular flexibility index (Phi) is 9.30. The SMILES string of the molecule is CCCCCCc1ccc(N2C(=O)c3ccc4c5c(Cl)cc6c7c(ccc(c8c(Cl)cc(c3c48)C2=O)c75)C(=O)N(c2ccc(CCCCCC)cc2)C6=O)cc1. The van der Waals surface area contributed by atoms with E-state index in [4.69, 9.17) is 23.2 Å². The molecule has 2 aliphatic heterocycles. The summed E-state index contributed by atoms with van der Waals surface area (Å²) >= 11 is 14.3. The minimum atomic E-state index is -0.452. The monoisotopic (exact) mass is 778 g/mol. The predicted octanol–water partition coefficient (Wildman–Crippen LogP) is 12.9. The molecular weight excluding hydrogens is 739 g/mol. The Labute approximate surface area is 335 Å². The molecule has 0 saturated heterocycles. The number of hydrogen-bond acceptors (Lipinski definition) is 4. The number of carbonyl (C=O) groups excluding carboxylic acids is 4. The second-order valence-corrected chi connectivity index (χ2v) is 16.0. The van der Waals surface area contributed by atoms with E-state index in [9.17, 15) is 19.2 Å². The van der Waals surface area contributed by atoms with Gasteiger partial charge in [-0.2, -0.15) is 0 Å². The van der Waals surface area contributed by atoms with E-state index in [0.717, 1.165) is 36.8 Å². The van der Waals surface area contributed by atoms with E-state index >= 15 is 0 Å². The number of rotatable bonds is 12. The Morgan fingerprint density at radius 2 is 0.786 bits per heavy atom. The number of anilines is 2. The van der Waals surface area contributed by atoms with Gasteiger partial charge in [0.15, 0.2) is 0 Å². The lowest BCUT2D eigenvalue weighted by atomic mass is 9.82. The molecule has 4 amide bonds. The van der Waals surface area contributed by atoms with Gasteiger partial charge < -0.3 is 0 Å². The van der Waals surface area contributed by atoms with Crippen LogP contribution in [0.15, 0.2) is 84.9 Å². The summed E-state index contributed by atoms with van der Waals surface area (Å²) in [4.78, 5) is 59.6. The molecule has 0 aliphatic carbocycles. The molecule has 6 nitrogen and oxygen atoms in total. The van der Waals surface area contributed by atoms with Crippen molar-refractivity contribution in [1.29, 1.82) is 0 Å². The van der Waals surface area contributed by atoms with Crippen LogP contribution in [0.3, 0.4) is 0 Å². The Balaban J connectivity index is 1.15. The maximum atomic E-state index is 14.3. The average Bonchev–Trinajstić information content (AvgIpc) is 3.20. The van der Waals surface area contributed by atoms with E-state index in [1.54, 1.807) is 24.3 Å². The minimum Gasteiger partial charge on any atom is -0.268 e. The van der Waals surface area contributed by atoms with Crippen LogP contribution in [0.2, 0.25) is 10.0 Å². The fraction of sp³-hybridized carbons (Fsp3) is 0.250. The first-order chi connectivity index (χ1) is 27.2. The van der Waals surface area contributed by atoms with Crippen molar-refractivity contribution in [3.8, 4) is 0 Å². The molecule has 7 aromatic carbocycles. The number of hydrogen-bond donors (Lipinski definition) is 0. The molecule has 8 heteroatoms. The number of nitrogens with zero attached hydrogens (tertiary/aromatic N) is 2. The van der Waals surface area contributed by atoms with Crippen molar-refractivity contribution in [2.75, 3.05) is 9.80 Å². The molecule has 0 N–H and O–H groups in total. The van der Waals surface area contributed by atoms with Gasteiger partial charge in [0.1, 0.15) is 0 Å². The molecule has 0 spiro atoms. The van der Waals surface area contributed by atoms with Gasteiger partial charge in [-0.1, -0.05) is 112 Å². The standard InChI is InChI=1S/C48H40Cl2N2O4/c1-3-5-7-9-11-27-13-17-29(18-14-27)51-45(53)33-23-21-31-42-38(50)26-36-40-34(24-22-32(44(40)42)41-37(49)25-35(47(51)55)39(33)43(31)41)46(54)52(48(36)56)30-19-15-28(16-20-30)12-10-8-6-4-2/h13-26H,3-12H2,1-2H3. The van der Waals surface area contributed by atoms with E-state index < -0.39 is 23.6 Å². The van der Waals surface area contributed by atoms with Crippen molar-refractivity contribution in [3.63, 3.8) is 0 Å². The van der Waals surface area contributed by atoms with Crippen molar-refractivity contribution >= 4 is 101 Å². The molecule has 0 aromatic heterocycles. The van der Waals surface area contributed by atoms with Crippen LogP contribution >= 0.6 is 23.2 Å². The first-order valence-corrected chi connectivity index (χ1v) is 20.5. The van der Waals surface area contributed by atoms with Gasteiger partial charge in [-0.15, -0.1) is 0 Å². The van der Waals surface area contributed by atoms with E-state index in [0.29, 0.717) is 86.8 Å². The van der Waals surface area contributed by atoms with Crippen molar-refractivity contribution in [2.24, 2.45) is 0 Å². The van der Waals surface area contributed by atoms with Crippen LogP contribution in [0.25, 0.3) is 43.1 Å². The Morgan fingerprint density at radius 1 is 0.411 bits per heavy atom. The summed E-state index contributed by atoms with van der Waals surface area (Å²) in [6.45, 7) is 4.38. The van der Waals surface area contributed by atoms with Gasteiger partial charge in [-0.25, -0.2) is 9.80 Å². The van der Waals surface area contributed by atoms with Gasteiger partial charge in [0.05, 0.1) is 22.5 Å². The average molecular weight is 780 g/mol. The Hall–Kier alpha value is -5.30. The van der Waals surface area contributed by atoms with E-state index in [2.05, 4.69) is 13.8 Å². The van der Waals surface area contributed by atoms with E-state index in [1.165, 1.54) is 48.3 Å². The molecule has 2 heterocycles. The fourth-order valence-corrected chi connectivity index (χ4v) is 9.58. The molecule has 0 radical (unpaired) electrons. The Morgan fingerprint density at radius 3 is 1.16 bits per heavy atom. The number of amides is 4. The van der Waals surface area contributed by atoms with E-state index in [1.807, 2.05) is 60.7 Å². The maximum absolute atomic E-state index is 14.3. The summed E-state index contributed by atoms with van der Waals surface area (Å²) in [6, 6.07) is 25.8. The van der Waals surface area contributed by atoms with Crippen molar-refractivity contribution in [3.05, 3.63) is 128 Å². The number of fused-ring (bicyclic) bond motifs is 2. The summed E-state index contributed by atoms with van der Waals surface area (Å²) in [5, 5.41) is 5.61. The maximum Gasteiger partial charge on any atom is 0.266 e. The zero-order valence-electron chi connectivity index (χ0n) is 31.4. The molecule has 0 unspecified atom stereocenters. The van der Waals surface area contributed by atoms with Crippen molar-refractivity contribution < 1.29 is 19.2 Å². The second-order valence-electron chi connectivity index (χ2n) is 15.2. The summed E-state index contributed by atoms with van der Waals surface area (Å²) in [5.74, 6) is -1.74. The fourth-order valence-electron chi connectivity index (χ4n) is 8.97. The Bertz CT molecular complexity index is 2580. The lowest BCUT2D eigenvalue weighted by Gasteiger charge is -2.31. The molecular formula is C48H40Cl2N2O4. The molecule has 0 atom stereocenters. The molecule has 7 aromatic rings. The van der Waals surface area contributed by atoms with Crippen LogP contribution in [-0.4, -0.2) is 23.6 Å². The van der Waals surface area contributed by atoms with Gasteiger partial charge in [0.25, 0.3) is 23.6 Å². The lowest BCUT2D eigenvalue weighted by molar-refractivity contribution is 0.0877. The molecule has 56 heavy (non-hydrogen) atoms. The molecule has 2 aliphatic rings. The highest BCUT2D eigenvalue weighted by molar-refractivity contribution is 6.52. The summed E-state index contributed by atoms with van der Waals surface area (Å²) < 4.78 is 0. The van der Waals surface area contributed by atoms with Gasteiger partial charge in [0.2, 0.25) is 0 Å². The third-order valence-electron chi connectivity index (χ3n) is 11.8. The number of aryl methyl sites for hydroxylation is 2. The highest BCUT2D eigenvalue weighted by atomic mass is 35.5. The summed E-state index contributed by atoms with van der Waals surface area (Å²) in [5.41, 5.74) is 4.76. The lowest BCUT2D eigenvalue weighted by Crippen LogP contribution is -2.40. The number of unbranched alkanes of at least 4 members (excludes halogenated alkanes) is 6. The highest BCUT2D eigenvalue weighted by Crippen LogP contribution is 2.50. The number of benzene rings is 7. The largest absolute Gasteiger partial charge is 0.268 e. The van der Waals surface area contributed by atoms with Crippen LogP contribution in [0.1, 0.15) is 118 Å². The third-order valence-corrected chi connectivity index (χ3v) is 12.4. The first-order valence-electron chi connectivity index (χ1n) is 19.8. The number of halogens is 2. The van der Waals surface area contributed by atoms with Crippen LogP contribution in [0, 0.1) is 0 Å². The van der Waals surface area contributed by atoms with Crippen molar-refractivity contribution in [2.45, 2.75) is 78.1 Å². The smallest absolute Gasteiger partial charge is 0.266 e. The third kappa shape index (κ3) is 5.60. The van der Waals surface area contributed by atoms with E-state index in [-0.39, 0.29) is 0 Å². The zero-order chi connectivity index (χ0) is 38.8. The van der Waals surface area contributed by atoms with Crippen molar-refractivity contribution in [1.82, 2.24) is 0 Å². The van der Waals surface area contributed by atoms with Crippen LogP contribution in [-0.2, 0) is 12.8 Å². The summed E-state index contributed by atoms with van der Waals surface area (Å²) in [6.07, 6.45) is 11.2. The minimum absolute atomic E-state index is 0.323. The van der Waals surface area contributed by atoms with Gasteiger partial charge in [-0.3, -0.25) is 19.2 Å². The summed E-state index contributed by atoms with van der Waals surface area (Å²) in [7, 11) is 0. The molecule has 0 fully saturated rings. The van der Waals surface area contributed by atoms with Crippen LogP contribution < -0.4 is 9.80 Å². The number of carbonyl (C=O) groups is 4. The molecule has 280 valence electrons. The van der Waals surface area contributed by atoms with Crippen LogP contribution in [0.4, 0.5) is 11.4 Å². The molecule has 0 bridgehead atoms. The topological polar surface area (TPSA) is 74.8 Å². The van der Waals surface area contributed by atoms with Gasteiger partial charge >= 0.3 is 0 Å². The second kappa shape index (κ2) is 14.3. The molecule has 0 saturated carbocycles. The number of imide groups is 2. The zero-order valence-corrected chi connectivity index (χ0v) is 32.9. The van der Waals surface area contributed by atoms with Gasteiger partial charge in [-0.05, 0) is 96.1 Å². The normalized spacial score (nSPS) is 14.1. The van der Waals surface area contributed by atoms with Crippen LogP contribution in [0.5, 0.6) is 0 Å². The highest BCUT2D eigenvalue weighted by Gasteiger charge is 2.39. The first kappa shape index (κ1) is 36.3. The quantitative estimate of drug-likeness (QED) is 0.0536. The molecule has 9 rings (SSSR count).